The van der Waals surface area contributed by atoms with E-state index >= 15 is 0 Å². The summed E-state index contributed by atoms with van der Waals surface area (Å²) in [5, 5.41) is 12.8. The minimum atomic E-state index is -1.30. The predicted molar refractivity (Wildman–Crippen MR) is 38.9 cm³/mol. The van der Waals surface area contributed by atoms with Gasteiger partial charge in [-0.3, -0.25) is 4.79 Å². The van der Waals surface area contributed by atoms with Gasteiger partial charge in [-0.05, 0) is 5.21 Å². The Morgan fingerprint density at radius 3 is 2.67 bits per heavy atom. The number of aldehydes is 1. The molecule has 0 atom stereocenters. The van der Waals surface area contributed by atoms with E-state index in [0.29, 0.717) is 6.29 Å². The third-order valence-electron chi connectivity index (χ3n) is 1.45. The summed E-state index contributed by atoms with van der Waals surface area (Å²) in [7, 11) is 0. The van der Waals surface area contributed by atoms with E-state index in [4.69, 9.17) is 0 Å². The van der Waals surface area contributed by atoms with Crippen molar-refractivity contribution >= 4 is 18.7 Å². The van der Waals surface area contributed by atoms with E-state index in [1.807, 2.05) is 0 Å². The number of tetrazole rings is 1. The third kappa shape index (κ3) is 0.760. The number of nitrogens with one attached hydrogen (secondary N) is 1. The molecule has 0 unspecified atom stereocenters. The maximum atomic E-state index is 10.7. The normalized spacial score (nSPS) is 18.3. The van der Waals surface area contributed by atoms with Crippen LogP contribution in [0.4, 0.5) is 0 Å². The number of hydrogen-bond donors (Lipinski definition) is 1. The highest BCUT2D eigenvalue weighted by Gasteiger charge is 2.36. The molecule has 1 aliphatic rings. The van der Waals surface area contributed by atoms with Crippen LogP contribution in [0.2, 0.25) is 0 Å². The molecule has 0 spiro atoms. The van der Waals surface area contributed by atoms with Crippen LogP contribution in [-0.4, -0.2) is 39.3 Å². The predicted octanol–water partition coefficient (Wildman–Crippen LogP) is -1.29. The molecule has 7 nitrogen and oxygen atoms in total. The Kier molecular flexibility index (Phi) is 1.29. The molecule has 0 saturated heterocycles. The van der Waals surface area contributed by atoms with Gasteiger partial charge >= 0.3 is 0 Å². The van der Waals surface area contributed by atoms with E-state index < -0.39 is 5.66 Å². The van der Waals surface area contributed by atoms with Crippen molar-refractivity contribution in [2.75, 3.05) is 0 Å². The molecule has 0 radical (unpaired) electrons. The van der Waals surface area contributed by atoms with Gasteiger partial charge in [-0.1, -0.05) is 0 Å². The van der Waals surface area contributed by atoms with Gasteiger partial charge in [0, 0.05) is 12.4 Å². The second-order valence-electron chi connectivity index (χ2n) is 2.14. The van der Waals surface area contributed by atoms with Gasteiger partial charge < -0.3 is 0 Å². The number of aromatic nitrogens is 4. The van der Waals surface area contributed by atoms with E-state index in [9.17, 15) is 4.79 Å². The SMILES string of the molecule is O=CC1(c2nn[nH]n2)N=CC=N1. The molecule has 0 aromatic carbocycles. The molecule has 2 heterocycles. The summed E-state index contributed by atoms with van der Waals surface area (Å²) in [5.74, 6) is 0.155. The van der Waals surface area contributed by atoms with Crippen molar-refractivity contribution in [2.45, 2.75) is 5.66 Å². The van der Waals surface area contributed by atoms with Gasteiger partial charge in [-0.25, -0.2) is 9.98 Å². The monoisotopic (exact) mass is 164 g/mol. The Morgan fingerprint density at radius 1 is 1.42 bits per heavy atom. The van der Waals surface area contributed by atoms with Crippen LogP contribution in [0.1, 0.15) is 5.82 Å². The molecule has 1 aromatic rings. The minimum absolute atomic E-state index is 0.155. The lowest BCUT2D eigenvalue weighted by molar-refractivity contribution is -0.112. The Hall–Kier alpha value is -1.92. The van der Waals surface area contributed by atoms with Crippen LogP contribution in [-0.2, 0) is 10.5 Å². The van der Waals surface area contributed by atoms with Gasteiger partial charge in [-0.15, -0.1) is 10.2 Å². The summed E-state index contributed by atoms with van der Waals surface area (Å²) in [4.78, 5) is 18.3. The van der Waals surface area contributed by atoms with E-state index in [2.05, 4.69) is 30.6 Å². The van der Waals surface area contributed by atoms with E-state index in [1.165, 1.54) is 12.4 Å². The van der Waals surface area contributed by atoms with Crippen molar-refractivity contribution in [3.8, 4) is 0 Å². The van der Waals surface area contributed by atoms with Crippen molar-refractivity contribution in [3.05, 3.63) is 5.82 Å². The maximum absolute atomic E-state index is 10.7. The van der Waals surface area contributed by atoms with Crippen molar-refractivity contribution in [3.63, 3.8) is 0 Å². The van der Waals surface area contributed by atoms with Crippen LogP contribution in [0.5, 0.6) is 0 Å². The smallest absolute Gasteiger partial charge is 0.269 e. The molecule has 0 amide bonds. The zero-order valence-corrected chi connectivity index (χ0v) is 5.88. The quantitative estimate of drug-likeness (QED) is 0.550. The second kappa shape index (κ2) is 2.29. The second-order valence-corrected chi connectivity index (χ2v) is 2.14. The number of carbonyl (C=O) groups is 1. The number of aromatic amines is 1. The van der Waals surface area contributed by atoms with Crippen LogP contribution < -0.4 is 0 Å². The lowest BCUT2D eigenvalue weighted by Gasteiger charge is -2.08. The summed E-state index contributed by atoms with van der Waals surface area (Å²) < 4.78 is 0. The number of carbonyl (C=O) groups excluding carboxylic acids is 1. The molecule has 1 aromatic heterocycles. The first kappa shape index (κ1) is 6.77. The topological polar surface area (TPSA) is 96.2 Å². The average molecular weight is 164 g/mol. The highest BCUT2D eigenvalue weighted by atomic mass is 16.1. The number of rotatable bonds is 2. The first-order valence-corrected chi connectivity index (χ1v) is 3.17. The number of aliphatic imine (C=N–C) groups is 2. The molecule has 12 heavy (non-hydrogen) atoms. The molecule has 1 aliphatic heterocycles. The first-order valence-electron chi connectivity index (χ1n) is 3.17. The maximum Gasteiger partial charge on any atom is 0.269 e. The molecule has 0 fully saturated rings. The molecule has 0 saturated carbocycles. The molecule has 2 rings (SSSR count). The summed E-state index contributed by atoms with van der Waals surface area (Å²) in [6.45, 7) is 0. The standard InChI is InChI=1S/C5H4N6O/c12-3-5(6-1-2-7-5)4-8-10-11-9-4/h1-3H,(H,8,9,10,11). The highest BCUT2D eigenvalue weighted by molar-refractivity contribution is 6.18. The zero-order valence-electron chi connectivity index (χ0n) is 5.88. The van der Waals surface area contributed by atoms with Gasteiger partial charge in [0.05, 0.1) is 0 Å². The summed E-state index contributed by atoms with van der Waals surface area (Å²) in [6, 6.07) is 0. The van der Waals surface area contributed by atoms with Crippen LogP contribution in [0.25, 0.3) is 0 Å². The van der Waals surface area contributed by atoms with Crippen LogP contribution in [0.15, 0.2) is 9.98 Å². The van der Waals surface area contributed by atoms with Gasteiger partial charge in [0.1, 0.15) is 0 Å². The van der Waals surface area contributed by atoms with Crippen molar-refractivity contribution in [1.29, 1.82) is 0 Å². The number of hydrogen-bond acceptors (Lipinski definition) is 6. The minimum Gasteiger partial charge on any atom is -0.298 e. The number of nitrogens with zero attached hydrogens (tertiary/aromatic N) is 5. The molecule has 0 aliphatic carbocycles. The summed E-state index contributed by atoms with van der Waals surface area (Å²) in [6.07, 6.45) is 3.41. The Balaban J connectivity index is 2.49. The van der Waals surface area contributed by atoms with Crippen molar-refractivity contribution in [2.24, 2.45) is 9.98 Å². The number of H-pyrrole nitrogens is 1. The highest BCUT2D eigenvalue weighted by Crippen LogP contribution is 2.22. The van der Waals surface area contributed by atoms with Crippen LogP contribution in [0.3, 0.4) is 0 Å². The molecule has 60 valence electrons. The van der Waals surface area contributed by atoms with Gasteiger partial charge in [0.25, 0.3) is 5.66 Å². The van der Waals surface area contributed by atoms with E-state index in [-0.39, 0.29) is 5.82 Å². The van der Waals surface area contributed by atoms with Crippen molar-refractivity contribution < 1.29 is 4.79 Å². The largest absolute Gasteiger partial charge is 0.298 e. The van der Waals surface area contributed by atoms with Gasteiger partial charge in [0.2, 0.25) is 5.82 Å². The van der Waals surface area contributed by atoms with Crippen molar-refractivity contribution in [1.82, 2.24) is 20.6 Å². The van der Waals surface area contributed by atoms with Gasteiger partial charge in [0.15, 0.2) is 6.29 Å². The fourth-order valence-electron chi connectivity index (χ4n) is 0.874. The molecular formula is C5H4N6O. The Bertz CT molecular complexity index is 327. The third-order valence-corrected chi connectivity index (χ3v) is 1.45. The van der Waals surface area contributed by atoms with E-state index in [1.54, 1.807) is 0 Å². The van der Waals surface area contributed by atoms with E-state index in [0.717, 1.165) is 0 Å². The fraction of sp³-hybridized carbons (Fsp3) is 0.200. The van der Waals surface area contributed by atoms with Crippen LogP contribution in [0, 0.1) is 0 Å². The molecule has 1 N–H and O–H groups in total. The molecule has 7 heteroatoms. The van der Waals surface area contributed by atoms with Crippen LogP contribution >= 0.6 is 0 Å². The zero-order chi connectivity index (χ0) is 8.44. The lowest BCUT2D eigenvalue weighted by atomic mass is 10.2. The summed E-state index contributed by atoms with van der Waals surface area (Å²) in [5.41, 5.74) is -1.30. The lowest BCUT2D eigenvalue weighted by Crippen LogP contribution is -2.22. The first-order chi connectivity index (χ1) is 5.87. The summed E-state index contributed by atoms with van der Waals surface area (Å²) >= 11 is 0. The average Bonchev–Trinajstić information content (AvgIpc) is 2.76. The molecular weight excluding hydrogens is 160 g/mol. The Morgan fingerprint density at radius 2 is 2.17 bits per heavy atom. The Labute approximate surface area is 66.6 Å². The molecule has 0 bridgehead atoms. The van der Waals surface area contributed by atoms with Gasteiger partial charge in [-0.2, -0.15) is 5.21 Å². The fourth-order valence-corrected chi connectivity index (χ4v) is 0.874.